The second-order valence-electron chi connectivity index (χ2n) is 6.38. The molecule has 0 aromatic carbocycles. The number of likely N-dealkylation sites (N-methyl/N-ethyl adjacent to an activating group) is 1. The van der Waals surface area contributed by atoms with E-state index in [1.807, 2.05) is 0 Å². The van der Waals surface area contributed by atoms with E-state index in [0.717, 1.165) is 12.5 Å². The van der Waals surface area contributed by atoms with Crippen LogP contribution in [-0.2, 0) is 4.74 Å². The van der Waals surface area contributed by atoms with Crippen LogP contribution in [0.2, 0.25) is 0 Å². The third-order valence-corrected chi connectivity index (χ3v) is 5.03. The van der Waals surface area contributed by atoms with Gasteiger partial charge in [-0.3, -0.25) is 0 Å². The van der Waals surface area contributed by atoms with Crippen LogP contribution in [0.1, 0.15) is 71.1 Å². The lowest BCUT2D eigenvalue weighted by atomic mass is 9.81. The highest BCUT2D eigenvalue weighted by Gasteiger charge is 2.37. The van der Waals surface area contributed by atoms with Crippen molar-refractivity contribution in [3.05, 3.63) is 0 Å². The quantitative estimate of drug-likeness (QED) is 0.802. The van der Waals surface area contributed by atoms with E-state index in [9.17, 15) is 0 Å². The van der Waals surface area contributed by atoms with Gasteiger partial charge in [-0.15, -0.1) is 0 Å². The first-order valence-corrected chi connectivity index (χ1v) is 8.12. The van der Waals surface area contributed by atoms with Gasteiger partial charge in [-0.2, -0.15) is 0 Å². The maximum atomic E-state index is 6.70. The van der Waals surface area contributed by atoms with Gasteiger partial charge in [0.2, 0.25) is 0 Å². The van der Waals surface area contributed by atoms with Gasteiger partial charge in [0.1, 0.15) is 0 Å². The molecule has 2 heteroatoms. The van der Waals surface area contributed by atoms with Crippen LogP contribution in [-0.4, -0.2) is 25.3 Å². The highest BCUT2D eigenvalue weighted by atomic mass is 16.5. The molecule has 0 heterocycles. The number of rotatable bonds is 5. The Balaban J connectivity index is 1.98. The summed E-state index contributed by atoms with van der Waals surface area (Å²) in [4.78, 5) is 0. The zero-order valence-electron chi connectivity index (χ0n) is 12.3. The van der Waals surface area contributed by atoms with E-state index in [0.29, 0.717) is 6.10 Å². The summed E-state index contributed by atoms with van der Waals surface area (Å²) in [5.74, 6) is 0.814. The summed E-state index contributed by atoms with van der Waals surface area (Å²) in [6.07, 6.45) is 13.9. The van der Waals surface area contributed by atoms with Crippen LogP contribution in [0.4, 0.5) is 0 Å². The van der Waals surface area contributed by atoms with Crippen molar-refractivity contribution >= 4 is 0 Å². The zero-order valence-corrected chi connectivity index (χ0v) is 12.3. The molecule has 0 saturated heterocycles. The van der Waals surface area contributed by atoms with Crippen molar-refractivity contribution in [2.24, 2.45) is 5.92 Å². The molecule has 0 amide bonds. The number of hydrogen-bond acceptors (Lipinski definition) is 2. The van der Waals surface area contributed by atoms with Crippen molar-refractivity contribution in [2.75, 3.05) is 13.6 Å². The number of ether oxygens (including phenoxy) is 1. The second kappa shape index (κ2) is 6.91. The molecular weight excluding hydrogens is 222 g/mol. The lowest BCUT2D eigenvalue weighted by Crippen LogP contribution is -2.48. The Morgan fingerprint density at radius 1 is 1.06 bits per heavy atom. The molecule has 2 fully saturated rings. The van der Waals surface area contributed by atoms with Gasteiger partial charge in [-0.05, 0) is 38.6 Å². The van der Waals surface area contributed by atoms with Crippen LogP contribution in [0.25, 0.3) is 0 Å². The molecule has 106 valence electrons. The Bertz CT molecular complexity index is 230. The predicted octanol–water partition coefficient (Wildman–Crippen LogP) is 3.89. The Labute approximate surface area is 113 Å². The minimum Gasteiger partial charge on any atom is -0.370 e. The summed E-state index contributed by atoms with van der Waals surface area (Å²) in [6.45, 7) is 3.37. The summed E-state index contributed by atoms with van der Waals surface area (Å²) in [7, 11) is 2.07. The topological polar surface area (TPSA) is 21.3 Å². The van der Waals surface area contributed by atoms with Gasteiger partial charge in [-0.25, -0.2) is 0 Å². The highest BCUT2D eigenvalue weighted by Crippen LogP contribution is 2.37. The summed E-state index contributed by atoms with van der Waals surface area (Å²) in [5, 5.41) is 3.38. The van der Waals surface area contributed by atoms with E-state index >= 15 is 0 Å². The number of hydrogen-bond donors (Lipinski definition) is 1. The monoisotopic (exact) mass is 253 g/mol. The van der Waals surface area contributed by atoms with Crippen LogP contribution in [0.3, 0.4) is 0 Å². The molecule has 0 aromatic heterocycles. The van der Waals surface area contributed by atoms with E-state index in [4.69, 9.17) is 4.74 Å². The predicted molar refractivity (Wildman–Crippen MR) is 76.9 cm³/mol. The van der Waals surface area contributed by atoms with Gasteiger partial charge in [-0.1, -0.05) is 45.4 Å². The Morgan fingerprint density at radius 2 is 1.78 bits per heavy atom. The Kier molecular flexibility index (Phi) is 5.50. The van der Waals surface area contributed by atoms with Crippen LogP contribution < -0.4 is 5.32 Å². The Morgan fingerprint density at radius 3 is 2.44 bits per heavy atom. The average Bonchev–Trinajstić information content (AvgIpc) is 2.40. The molecule has 2 atom stereocenters. The maximum absolute atomic E-state index is 6.70. The molecule has 2 nitrogen and oxygen atoms in total. The minimum atomic E-state index is 0.155. The number of nitrogens with one attached hydrogen (secondary N) is 1. The standard InChI is InChI=1S/C16H31NO/c1-3-14-9-5-6-10-15(14)18-16(13-17-2)11-7-4-8-12-16/h14-15,17H,3-13H2,1-2H3. The van der Waals surface area contributed by atoms with Crippen LogP contribution >= 0.6 is 0 Å². The summed E-state index contributed by atoms with van der Waals surface area (Å²) in [6, 6.07) is 0. The lowest BCUT2D eigenvalue weighted by molar-refractivity contribution is -0.140. The maximum Gasteiger partial charge on any atom is 0.0810 e. The van der Waals surface area contributed by atoms with Gasteiger partial charge in [0, 0.05) is 6.54 Å². The molecule has 18 heavy (non-hydrogen) atoms. The molecule has 0 spiro atoms. The summed E-state index contributed by atoms with van der Waals surface area (Å²) in [5.41, 5.74) is 0.155. The molecule has 2 rings (SSSR count). The van der Waals surface area contributed by atoms with Crippen LogP contribution in [0, 0.1) is 5.92 Å². The largest absolute Gasteiger partial charge is 0.370 e. The molecule has 0 aromatic rings. The van der Waals surface area contributed by atoms with Crippen molar-refractivity contribution in [1.82, 2.24) is 5.32 Å². The normalized spacial score (nSPS) is 32.3. The van der Waals surface area contributed by atoms with Gasteiger partial charge >= 0.3 is 0 Å². The van der Waals surface area contributed by atoms with Crippen molar-refractivity contribution in [1.29, 1.82) is 0 Å². The lowest BCUT2D eigenvalue weighted by Gasteiger charge is -2.43. The van der Waals surface area contributed by atoms with E-state index < -0.39 is 0 Å². The van der Waals surface area contributed by atoms with Crippen LogP contribution in [0.5, 0.6) is 0 Å². The first-order chi connectivity index (χ1) is 8.79. The van der Waals surface area contributed by atoms with Gasteiger partial charge < -0.3 is 10.1 Å². The average molecular weight is 253 g/mol. The van der Waals surface area contributed by atoms with Crippen LogP contribution in [0.15, 0.2) is 0 Å². The third-order valence-electron chi connectivity index (χ3n) is 5.03. The Hall–Kier alpha value is -0.0800. The van der Waals surface area contributed by atoms with Gasteiger partial charge in [0.15, 0.2) is 0 Å². The van der Waals surface area contributed by atoms with E-state index in [1.54, 1.807) is 0 Å². The molecule has 0 aliphatic heterocycles. The molecule has 2 aliphatic carbocycles. The summed E-state index contributed by atoms with van der Waals surface area (Å²) < 4.78 is 6.70. The van der Waals surface area contributed by atoms with Crippen molar-refractivity contribution in [3.8, 4) is 0 Å². The minimum absolute atomic E-state index is 0.155. The third kappa shape index (κ3) is 3.48. The molecule has 2 saturated carbocycles. The van der Waals surface area contributed by atoms with Gasteiger partial charge in [0.05, 0.1) is 11.7 Å². The fraction of sp³-hybridized carbons (Fsp3) is 1.00. The molecular formula is C16H31NO. The first kappa shape index (κ1) is 14.3. The van der Waals surface area contributed by atoms with Crippen molar-refractivity contribution < 1.29 is 4.74 Å². The summed E-state index contributed by atoms with van der Waals surface area (Å²) >= 11 is 0. The fourth-order valence-electron chi connectivity index (χ4n) is 3.97. The first-order valence-electron chi connectivity index (χ1n) is 8.12. The molecule has 0 bridgehead atoms. The molecule has 2 unspecified atom stereocenters. The fourth-order valence-corrected chi connectivity index (χ4v) is 3.97. The van der Waals surface area contributed by atoms with Crippen molar-refractivity contribution in [3.63, 3.8) is 0 Å². The SMILES string of the molecule is CCC1CCCCC1OC1(CNC)CCCCC1. The highest BCUT2D eigenvalue weighted by molar-refractivity contribution is 4.89. The molecule has 2 aliphatic rings. The van der Waals surface area contributed by atoms with Gasteiger partial charge in [0.25, 0.3) is 0 Å². The molecule has 1 N–H and O–H groups in total. The van der Waals surface area contributed by atoms with Crippen molar-refractivity contribution in [2.45, 2.75) is 82.8 Å². The van der Waals surface area contributed by atoms with E-state index in [1.165, 1.54) is 64.2 Å². The smallest absolute Gasteiger partial charge is 0.0810 e. The molecule has 0 radical (unpaired) electrons. The van der Waals surface area contributed by atoms with E-state index in [-0.39, 0.29) is 5.60 Å². The zero-order chi connectivity index (χ0) is 12.8. The van der Waals surface area contributed by atoms with E-state index in [2.05, 4.69) is 19.3 Å². The second-order valence-corrected chi connectivity index (χ2v) is 6.38.